The first kappa shape index (κ1) is 13.2. The zero-order chi connectivity index (χ0) is 13.7. The van der Waals surface area contributed by atoms with Gasteiger partial charge in [-0.25, -0.2) is 8.42 Å². The van der Waals surface area contributed by atoms with Crippen LogP contribution < -0.4 is 0 Å². The van der Waals surface area contributed by atoms with E-state index in [9.17, 15) is 13.2 Å². The van der Waals surface area contributed by atoms with E-state index in [0.717, 1.165) is 5.56 Å². The van der Waals surface area contributed by atoms with Crippen molar-refractivity contribution in [3.63, 3.8) is 0 Å². The molecule has 5 heteroatoms. The van der Waals surface area contributed by atoms with Gasteiger partial charge in [0.25, 0.3) is 0 Å². The molecule has 3 unspecified atom stereocenters. The van der Waals surface area contributed by atoms with Gasteiger partial charge in [0.15, 0.2) is 5.78 Å². The average Bonchev–Trinajstić information content (AvgIpc) is 2.84. The Morgan fingerprint density at radius 1 is 1.28 bits per heavy atom. The van der Waals surface area contributed by atoms with Crippen LogP contribution in [0.15, 0.2) is 29.2 Å². The molecule has 2 rings (SSSR count). The van der Waals surface area contributed by atoms with Crippen molar-refractivity contribution in [1.82, 2.24) is 4.31 Å². The smallest absolute Gasteiger partial charge is 0.244 e. The van der Waals surface area contributed by atoms with E-state index in [2.05, 4.69) is 0 Å². The molecule has 1 aromatic rings. The maximum Gasteiger partial charge on any atom is 0.244 e. The molecule has 1 fully saturated rings. The largest absolute Gasteiger partial charge is 0.298 e. The number of Topliss-reactive ketones (excluding diaryl/α,β-unsaturated/α-hetero) is 1. The third kappa shape index (κ3) is 1.69. The van der Waals surface area contributed by atoms with Crippen LogP contribution >= 0.6 is 0 Å². The van der Waals surface area contributed by atoms with Gasteiger partial charge in [0.1, 0.15) is 5.54 Å². The van der Waals surface area contributed by atoms with Crippen molar-refractivity contribution in [2.45, 2.75) is 44.2 Å². The number of hydrogen-bond acceptors (Lipinski definition) is 3. The third-order valence-electron chi connectivity index (χ3n) is 3.85. The number of ketones is 1. The standard InChI is InChI=1S/C13H17NO3S/c1-9-5-7-12(8-6-9)18(16,17)14-10(2)13(14,4)11(3)15/h5-8,10H,1-4H3. The lowest BCUT2D eigenvalue weighted by Gasteiger charge is -2.10. The summed E-state index contributed by atoms with van der Waals surface area (Å²) in [6.07, 6.45) is 0. The van der Waals surface area contributed by atoms with E-state index in [1.807, 2.05) is 6.92 Å². The van der Waals surface area contributed by atoms with Gasteiger partial charge in [-0.05, 0) is 39.8 Å². The van der Waals surface area contributed by atoms with Crippen molar-refractivity contribution in [3.8, 4) is 0 Å². The van der Waals surface area contributed by atoms with E-state index in [0.29, 0.717) is 0 Å². The summed E-state index contributed by atoms with van der Waals surface area (Å²) in [7, 11) is -3.57. The average molecular weight is 267 g/mol. The highest BCUT2D eigenvalue weighted by molar-refractivity contribution is 7.89. The Morgan fingerprint density at radius 3 is 2.17 bits per heavy atom. The predicted molar refractivity (Wildman–Crippen MR) is 68.8 cm³/mol. The highest BCUT2D eigenvalue weighted by Gasteiger charge is 2.66. The first-order valence-electron chi connectivity index (χ1n) is 5.84. The van der Waals surface area contributed by atoms with Crippen LogP contribution in [0.5, 0.6) is 0 Å². The van der Waals surface area contributed by atoms with E-state index in [4.69, 9.17) is 0 Å². The number of benzene rings is 1. The Balaban J connectivity index is 2.41. The summed E-state index contributed by atoms with van der Waals surface area (Å²) in [5.74, 6) is -0.120. The molecule has 0 radical (unpaired) electrons. The normalized spacial score (nSPS) is 31.1. The molecule has 1 heterocycles. The predicted octanol–water partition coefficient (Wildman–Crippen LogP) is 1.74. The van der Waals surface area contributed by atoms with Crippen LogP contribution in [0, 0.1) is 6.92 Å². The summed E-state index contributed by atoms with van der Waals surface area (Å²) in [6, 6.07) is 6.39. The zero-order valence-corrected chi connectivity index (χ0v) is 11.8. The van der Waals surface area contributed by atoms with Gasteiger partial charge in [0, 0.05) is 6.04 Å². The molecule has 1 saturated heterocycles. The van der Waals surface area contributed by atoms with Crippen molar-refractivity contribution < 1.29 is 13.2 Å². The highest BCUT2D eigenvalue weighted by Crippen LogP contribution is 2.46. The zero-order valence-electron chi connectivity index (χ0n) is 11.0. The summed E-state index contributed by atoms with van der Waals surface area (Å²) < 4.78 is 26.1. The molecule has 0 amide bonds. The molecular weight excluding hydrogens is 250 g/mol. The van der Waals surface area contributed by atoms with E-state index in [1.54, 1.807) is 38.1 Å². The minimum atomic E-state index is -3.57. The molecule has 18 heavy (non-hydrogen) atoms. The van der Waals surface area contributed by atoms with Gasteiger partial charge in [0.2, 0.25) is 10.0 Å². The SMILES string of the molecule is CC(=O)C1(C)C(C)N1S(=O)(=O)c1ccc(C)cc1. The Labute approximate surface area is 108 Å². The molecule has 0 aliphatic carbocycles. The summed E-state index contributed by atoms with van der Waals surface area (Å²) in [6.45, 7) is 6.76. The summed E-state index contributed by atoms with van der Waals surface area (Å²) in [5.41, 5.74) is 0.117. The van der Waals surface area contributed by atoms with Crippen LogP contribution in [-0.4, -0.2) is 30.1 Å². The Bertz CT molecular complexity index is 591. The minimum Gasteiger partial charge on any atom is -0.298 e. The summed E-state index contributed by atoms with van der Waals surface area (Å²) in [4.78, 5) is 11.8. The van der Waals surface area contributed by atoms with Crippen LogP contribution in [0.1, 0.15) is 26.3 Å². The molecule has 0 aromatic heterocycles. The number of carbonyl (C=O) groups excluding carboxylic acids is 1. The second-order valence-electron chi connectivity index (χ2n) is 4.99. The van der Waals surface area contributed by atoms with Crippen molar-refractivity contribution in [2.24, 2.45) is 0 Å². The van der Waals surface area contributed by atoms with Crippen LogP contribution in [0.2, 0.25) is 0 Å². The number of nitrogens with zero attached hydrogens (tertiary/aromatic N) is 1. The van der Waals surface area contributed by atoms with Crippen molar-refractivity contribution in [1.29, 1.82) is 0 Å². The quantitative estimate of drug-likeness (QED) is 0.784. The second kappa shape index (κ2) is 3.90. The van der Waals surface area contributed by atoms with Crippen molar-refractivity contribution >= 4 is 15.8 Å². The number of hydrogen-bond donors (Lipinski definition) is 0. The molecule has 0 spiro atoms. The number of carbonyl (C=O) groups is 1. The topological polar surface area (TPSA) is 54.2 Å². The molecule has 0 bridgehead atoms. The fourth-order valence-corrected chi connectivity index (χ4v) is 4.31. The van der Waals surface area contributed by atoms with Gasteiger partial charge in [-0.2, -0.15) is 4.31 Å². The van der Waals surface area contributed by atoms with E-state index < -0.39 is 15.6 Å². The fourth-order valence-electron chi connectivity index (χ4n) is 2.25. The lowest BCUT2D eigenvalue weighted by Crippen LogP contribution is -2.27. The van der Waals surface area contributed by atoms with E-state index >= 15 is 0 Å². The maximum atomic E-state index is 12.4. The van der Waals surface area contributed by atoms with Crippen molar-refractivity contribution in [3.05, 3.63) is 29.8 Å². The monoisotopic (exact) mass is 267 g/mol. The molecule has 0 saturated carbocycles. The van der Waals surface area contributed by atoms with E-state index in [1.165, 1.54) is 11.2 Å². The van der Waals surface area contributed by atoms with Crippen LogP contribution in [0.3, 0.4) is 0 Å². The lowest BCUT2D eigenvalue weighted by atomic mass is 10.1. The fraction of sp³-hybridized carbons (Fsp3) is 0.462. The minimum absolute atomic E-state index is 0.120. The van der Waals surface area contributed by atoms with Gasteiger partial charge in [-0.1, -0.05) is 17.7 Å². The summed E-state index contributed by atoms with van der Waals surface area (Å²) >= 11 is 0. The Kier molecular flexibility index (Phi) is 2.87. The van der Waals surface area contributed by atoms with Gasteiger partial charge in [0.05, 0.1) is 4.90 Å². The van der Waals surface area contributed by atoms with Gasteiger partial charge >= 0.3 is 0 Å². The lowest BCUT2D eigenvalue weighted by molar-refractivity contribution is -0.119. The second-order valence-corrected chi connectivity index (χ2v) is 6.81. The first-order chi connectivity index (χ1) is 8.22. The van der Waals surface area contributed by atoms with E-state index in [-0.39, 0.29) is 16.7 Å². The van der Waals surface area contributed by atoms with Crippen LogP contribution in [-0.2, 0) is 14.8 Å². The molecule has 98 valence electrons. The maximum absolute atomic E-state index is 12.4. The van der Waals surface area contributed by atoms with Crippen molar-refractivity contribution in [2.75, 3.05) is 0 Å². The number of aryl methyl sites for hydroxylation is 1. The summed E-state index contributed by atoms with van der Waals surface area (Å²) in [5, 5.41) is 0. The van der Waals surface area contributed by atoms with Gasteiger partial charge in [-0.3, -0.25) is 4.79 Å². The third-order valence-corrected chi connectivity index (χ3v) is 5.93. The Hall–Kier alpha value is -1.20. The molecule has 3 atom stereocenters. The van der Waals surface area contributed by atoms with Crippen LogP contribution in [0.4, 0.5) is 0 Å². The van der Waals surface area contributed by atoms with Gasteiger partial charge in [-0.15, -0.1) is 0 Å². The molecule has 1 aliphatic heterocycles. The molecule has 1 aromatic carbocycles. The Morgan fingerprint density at radius 2 is 1.78 bits per heavy atom. The molecule has 0 N–H and O–H groups in total. The first-order valence-corrected chi connectivity index (χ1v) is 7.28. The highest BCUT2D eigenvalue weighted by atomic mass is 32.2. The van der Waals surface area contributed by atoms with Crippen LogP contribution in [0.25, 0.3) is 0 Å². The molecular formula is C13H17NO3S. The molecule has 4 nitrogen and oxygen atoms in total. The number of rotatable bonds is 3. The molecule has 1 aliphatic rings. The number of sulfonamides is 1. The van der Waals surface area contributed by atoms with Gasteiger partial charge < -0.3 is 0 Å².